The number of nitrogens with zero attached hydrogens (tertiary/aromatic N) is 4. The van der Waals surface area contributed by atoms with Crippen molar-refractivity contribution in [3.8, 4) is 11.3 Å². The molecule has 1 aliphatic heterocycles. The molecule has 156 valence electrons. The van der Waals surface area contributed by atoms with Gasteiger partial charge in [-0.05, 0) is 38.8 Å². The zero-order chi connectivity index (χ0) is 20.8. The maximum Gasteiger partial charge on any atom is 0.306 e. The van der Waals surface area contributed by atoms with Crippen LogP contribution >= 0.6 is 0 Å². The van der Waals surface area contributed by atoms with E-state index in [1.165, 1.54) is 0 Å². The Labute approximate surface area is 172 Å². The van der Waals surface area contributed by atoms with Gasteiger partial charge in [-0.1, -0.05) is 12.1 Å². The van der Waals surface area contributed by atoms with Crippen molar-refractivity contribution in [3.63, 3.8) is 0 Å². The molecule has 4 rings (SSSR count). The second kappa shape index (κ2) is 9.69. The van der Waals surface area contributed by atoms with Gasteiger partial charge in [-0.25, -0.2) is 4.98 Å². The highest BCUT2D eigenvalue weighted by Gasteiger charge is 2.28. The van der Waals surface area contributed by atoms with Gasteiger partial charge in [0.15, 0.2) is 0 Å². The van der Waals surface area contributed by atoms with Gasteiger partial charge < -0.3 is 15.3 Å². The number of aromatic nitrogens is 2. The lowest BCUT2D eigenvalue weighted by Gasteiger charge is -2.37. The molecule has 2 aromatic rings. The van der Waals surface area contributed by atoms with Crippen LogP contribution in [0.15, 0.2) is 36.7 Å². The van der Waals surface area contributed by atoms with Crippen molar-refractivity contribution in [3.05, 3.63) is 36.7 Å². The fourth-order valence-electron chi connectivity index (χ4n) is 3.24. The van der Waals surface area contributed by atoms with E-state index in [0.717, 1.165) is 61.8 Å². The van der Waals surface area contributed by atoms with Gasteiger partial charge in [0.1, 0.15) is 5.82 Å². The molecule has 0 atom stereocenters. The Morgan fingerprint density at radius 2 is 1.72 bits per heavy atom. The van der Waals surface area contributed by atoms with Crippen LogP contribution < -0.4 is 10.2 Å². The Hall–Kier alpha value is -2.67. The summed E-state index contributed by atoms with van der Waals surface area (Å²) in [5.41, 5.74) is 3.10. The molecule has 2 fully saturated rings. The number of hydrogen-bond donors (Lipinski definition) is 2. The van der Waals surface area contributed by atoms with Gasteiger partial charge in [-0.2, -0.15) is 0 Å². The lowest BCUT2D eigenvalue weighted by molar-refractivity contribution is -0.138. The Balaban J connectivity index is 0.000000343. The lowest BCUT2D eigenvalue weighted by Crippen LogP contribution is -2.49. The normalized spacial score (nSPS) is 16.9. The van der Waals surface area contributed by atoms with E-state index in [4.69, 9.17) is 5.11 Å². The van der Waals surface area contributed by atoms with Crippen molar-refractivity contribution in [2.45, 2.75) is 32.7 Å². The first-order valence-electron chi connectivity index (χ1n) is 10.3. The first-order chi connectivity index (χ1) is 14.0. The molecule has 0 spiro atoms. The number of carbonyl (C=O) groups is 1. The summed E-state index contributed by atoms with van der Waals surface area (Å²) in [6.07, 6.45) is 5.57. The number of piperazine rings is 1. The number of rotatable bonds is 5. The van der Waals surface area contributed by atoms with Crippen molar-refractivity contribution in [2.24, 2.45) is 5.92 Å². The van der Waals surface area contributed by atoms with Crippen LogP contribution in [-0.2, 0) is 4.79 Å². The van der Waals surface area contributed by atoms with Gasteiger partial charge in [0.05, 0.1) is 24.0 Å². The summed E-state index contributed by atoms with van der Waals surface area (Å²) in [5.74, 6) is 0.365. The van der Waals surface area contributed by atoms with Crippen LogP contribution in [0.4, 0.5) is 11.5 Å². The van der Waals surface area contributed by atoms with E-state index in [1.54, 1.807) is 0 Å². The average molecular weight is 398 g/mol. The van der Waals surface area contributed by atoms with Gasteiger partial charge >= 0.3 is 5.97 Å². The number of carboxylic acid groups (broad SMARTS) is 1. The smallest absolute Gasteiger partial charge is 0.306 e. The Morgan fingerprint density at radius 3 is 2.14 bits per heavy atom. The number of hydrogen-bond acceptors (Lipinski definition) is 6. The molecule has 0 amide bonds. The number of anilines is 2. The third-order valence-corrected chi connectivity index (χ3v) is 5.40. The van der Waals surface area contributed by atoms with E-state index in [9.17, 15) is 4.79 Å². The Kier molecular flexibility index (Phi) is 7.04. The third-order valence-electron chi connectivity index (χ3n) is 5.40. The van der Waals surface area contributed by atoms with Crippen molar-refractivity contribution in [1.29, 1.82) is 0 Å². The van der Waals surface area contributed by atoms with Gasteiger partial charge in [-0.3, -0.25) is 14.7 Å². The van der Waals surface area contributed by atoms with Gasteiger partial charge in [0.25, 0.3) is 0 Å². The van der Waals surface area contributed by atoms with Gasteiger partial charge in [0.2, 0.25) is 0 Å². The highest BCUT2D eigenvalue weighted by molar-refractivity contribution is 5.72. The van der Waals surface area contributed by atoms with Crippen LogP contribution in [0.5, 0.6) is 0 Å². The van der Waals surface area contributed by atoms with Crippen molar-refractivity contribution >= 4 is 17.5 Å². The topological polar surface area (TPSA) is 81.6 Å². The van der Waals surface area contributed by atoms with E-state index in [2.05, 4.69) is 63.2 Å². The maximum atomic E-state index is 9.76. The molecule has 7 nitrogen and oxygen atoms in total. The summed E-state index contributed by atoms with van der Waals surface area (Å²) in [7, 11) is 1.92. The zero-order valence-corrected chi connectivity index (χ0v) is 17.5. The molecule has 1 aromatic carbocycles. The van der Waals surface area contributed by atoms with Crippen molar-refractivity contribution in [1.82, 2.24) is 14.9 Å². The largest absolute Gasteiger partial charge is 0.481 e. The summed E-state index contributed by atoms with van der Waals surface area (Å²) < 4.78 is 0. The minimum atomic E-state index is -0.630. The summed E-state index contributed by atoms with van der Waals surface area (Å²) >= 11 is 0. The molecule has 1 saturated carbocycles. The number of carboxylic acids is 1. The zero-order valence-electron chi connectivity index (χ0n) is 17.5. The fourth-order valence-corrected chi connectivity index (χ4v) is 3.24. The summed E-state index contributed by atoms with van der Waals surface area (Å²) in [4.78, 5) is 23.8. The first kappa shape index (κ1) is 21.0. The van der Waals surface area contributed by atoms with Crippen LogP contribution in [-0.4, -0.2) is 65.2 Å². The Bertz CT molecular complexity index is 780. The minimum Gasteiger partial charge on any atom is -0.481 e. The molecule has 0 radical (unpaired) electrons. The highest BCUT2D eigenvalue weighted by atomic mass is 16.4. The van der Waals surface area contributed by atoms with E-state index in [-0.39, 0.29) is 5.92 Å². The number of nitrogens with one attached hydrogen (secondary N) is 1. The van der Waals surface area contributed by atoms with Crippen molar-refractivity contribution in [2.75, 3.05) is 43.4 Å². The van der Waals surface area contributed by atoms with E-state index in [1.807, 2.05) is 19.4 Å². The SMILES string of the molecule is CNc1ccc(-c2cnc(N3CCN(C(C)C)CC3)cn2)cc1.O=C(O)C1CC1. The molecule has 2 aliphatic rings. The average Bonchev–Trinajstić information content (AvgIpc) is 3.60. The number of aliphatic carboxylic acids is 1. The molecule has 0 bridgehead atoms. The minimum absolute atomic E-state index is 0.0185. The van der Waals surface area contributed by atoms with Crippen LogP contribution in [0, 0.1) is 5.92 Å². The fraction of sp³-hybridized carbons (Fsp3) is 0.500. The highest BCUT2D eigenvalue weighted by Crippen LogP contribution is 2.28. The van der Waals surface area contributed by atoms with Gasteiger partial charge in [0, 0.05) is 50.5 Å². The standard InChI is InChI=1S/C18H25N5.C4H6O2/c1-14(2)22-8-10-23(11-9-22)18-13-20-17(12-21-18)15-4-6-16(19-3)7-5-15;5-4(6)3-1-2-3/h4-7,12-14,19H,8-11H2,1-3H3;3H,1-2H2,(H,5,6). The molecule has 1 aliphatic carbocycles. The molecule has 1 saturated heterocycles. The summed E-state index contributed by atoms with van der Waals surface area (Å²) in [6.45, 7) is 8.72. The van der Waals surface area contributed by atoms with Crippen LogP contribution in [0.3, 0.4) is 0 Å². The second-order valence-corrected chi connectivity index (χ2v) is 7.82. The summed E-state index contributed by atoms with van der Waals surface area (Å²) in [6, 6.07) is 8.85. The molecule has 0 unspecified atom stereocenters. The van der Waals surface area contributed by atoms with Gasteiger partial charge in [-0.15, -0.1) is 0 Å². The number of benzene rings is 1. The third kappa shape index (κ3) is 5.90. The van der Waals surface area contributed by atoms with E-state index in [0.29, 0.717) is 6.04 Å². The molecule has 2 heterocycles. The molecular weight excluding hydrogens is 366 g/mol. The van der Waals surface area contributed by atoms with E-state index < -0.39 is 5.97 Å². The van der Waals surface area contributed by atoms with E-state index >= 15 is 0 Å². The molecule has 1 aromatic heterocycles. The van der Waals surface area contributed by atoms with Crippen LogP contribution in [0.1, 0.15) is 26.7 Å². The summed E-state index contributed by atoms with van der Waals surface area (Å²) in [5, 5.41) is 11.2. The monoisotopic (exact) mass is 397 g/mol. The van der Waals surface area contributed by atoms with Crippen molar-refractivity contribution < 1.29 is 9.90 Å². The lowest BCUT2D eigenvalue weighted by atomic mass is 10.1. The van der Waals surface area contributed by atoms with Crippen LogP contribution in [0.25, 0.3) is 11.3 Å². The second-order valence-electron chi connectivity index (χ2n) is 7.82. The maximum absolute atomic E-state index is 9.76. The predicted octanol–water partition coefficient (Wildman–Crippen LogP) is 3.20. The predicted molar refractivity (Wildman–Crippen MR) is 116 cm³/mol. The molecule has 2 N–H and O–H groups in total. The first-order valence-corrected chi connectivity index (χ1v) is 10.3. The molecule has 29 heavy (non-hydrogen) atoms. The van der Waals surface area contributed by atoms with Crippen LogP contribution in [0.2, 0.25) is 0 Å². The quantitative estimate of drug-likeness (QED) is 0.802. The molecule has 7 heteroatoms. The molecular formula is C22H31N5O2. The Morgan fingerprint density at radius 1 is 1.07 bits per heavy atom.